The van der Waals surface area contributed by atoms with Crippen molar-refractivity contribution in [2.45, 2.75) is 38.8 Å². The van der Waals surface area contributed by atoms with Crippen molar-refractivity contribution in [3.05, 3.63) is 17.5 Å². The second-order valence-corrected chi connectivity index (χ2v) is 6.33. The highest BCUT2D eigenvalue weighted by Crippen LogP contribution is 2.31. The Labute approximate surface area is 133 Å². The van der Waals surface area contributed by atoms with Crippen LogP contribution in [-0.4, -0.2) is 57.6 Å². The first-order chi connectivity index (χ1) is 10.9. The van der Waals surface area contributed by atoms with Crippen molar-refractivity contribution in [2.24, 2.45) is 5.92 Å². The second-order valence-electron chi connectivity index (χ2n) is 6.33. The van der Waals surface area contributed by atoms with Gasteiger partial charge in [-0.2, -0.15) is 5.10 Å². The van der Waals surface area contributed by atoms with Gasteiger partial charge in [0.2, 0.25) is 11.8 Å². The Kier molecular flexibility index (Phi) is 4.08. The fourth-order valence-corrected chi connectivity index (χ4v) is 3.54. The van der Waals surface area contributed by atoms with Crippen LogP contribution < -0.4 is 0 Å². The van der Waals surface area contributed by atoms with Crippen molar-refractivity contribution in [3.8, 4) is 0 Å². The maximum Gasteiger partial charge on any atom is 0.282 e. The number of rotatable bonds is 3. The molecule has 6 nitrogen and oxygen atoms in total. The van der Waals surface area contributed by atoms with Gasteiger partial charge in [-0.05, 0) is 19.4 Å². The molecule has 126 valence electrons. The Balaban J connectivity index is 1.64. The molecule has 2 saturated heterocycles. The molecular formula is C15H20F2N4O2. The molecule has 0 N–H and O–H groups in total. The molecule has 1 aromatic heterocycles. The van der Waals surface area contributed by atoms with E-state index >= 15 is 0 Å². The molecule has 3 heterocycles. The number of hydrogen-bond acceptors (Lipinski definition) is 3. The summed E-state index contributed by atoms with van der Waals surface area (Å²) in [6, 6.07) is 1.51. The van der Waals surface area contributed by atoms with Gasteiger partial charge in [-0.3, -0.25) is 14.3 Å². The molecule has 0 saturated carbocycles. The number of amides is 2. The number of halogens is 2. The van der Waals surface area contributed by atoms with Crippen LogP contribution >= 0.6 is 0 Å². The second kappa shape index (κ2) is 5.90. The highest BCUT2D eigenvalue weighted by atomic mass is 19.3. The van der Waals surface area contributed by atoms with Gasteiger partial charge in [-0.1, -0.05) is 0 Å². The monoisotopic (exact) mass is 326 g/mol. The van der Waals surface area contributed by atoms with E-state index in [2.05, 4.69) is 5.10 Å². The van der Waals surface area contributed by atoms with Crippen molar-refractivity contribution < 1.29 is 18.4 Å². The van der Waals surface area contributed by atoms with Crippen LogP contribution in [0, 0.1) is 12.8 Å². The van der Waals surface area contributed by atoms with Crippen molar-refractivity contribution in [2.75, 3.05) is 20.1 Å². The van der Waals surface area contributed by atoms with Crippen LogP contribution in [0.25, 0.3) is 0 Å². The van der Waals surface area contributed by atoms with Crippen LogP contribution in [0.2, 0.25) is 0 Å². The molecule has 0 radical (unpaired) electrons. The minimum atomic E-state index is -2.64. The third kappa shape index (κ3) is 2.94. The lowest BCUT2D eigenvalue weighted by Gasteiger charge is -2.36. The fourth-order valence-electron chi connectivity index (χ4n) is 3.54. The third-order valence-corrected chi connectivity index (χ3v) is 4.88. The van der Waals surface area contributed by atoms with Gasteiger partial charge in [-0.25, -0.2) is 8.78 Å². The minimum absolute atomic E-state index is 0.0419. The summed E-state index contributed by atoms with van der Waals surface area (Å²) < 4.78 is 26.7. The summed E-state index contributed by atoms with van der Waals surface area (Å²) in [6.45, 7) is 2.74. The lowest BCUT2D eigenvalue weighted by molar-refractivity contribution is -0.134. The summed E-state index contributed by atoms with van der Waals surface area (Å²) in [4.78, 5) is 27.7. The highest BCUT2D eigenvalue weighted by Gasteiger charge is 2.41. The normalized spacial score (nSPS) is 24.5. The van der Waals surface area contributed by atoms with Crippen LogP contribution in [0.1, 0.15) is 30.7 Å². The standard InChI is InChI=1S/C15H20F2N4O2/c1-9-5-11(15(16)17)18-21(9)8-14(23)20-4-3-12-10(7-20)6-13(22)19(12)2/h5,10,12,15H,3-4,6-8H2,1-2H3/t10-,12+/m1/s1. The van der Waals surface area contributed by atoms with Crippen molar-refractivity contribution in [3.63, 3.8) is 0 Å². The molecule has 2 atom stereocenters. The van der Waals surface area contributed by atoms with E-state index in [9.17, 15) is 18.4 Å². The van der Waals surface area contributed by atoms with Crippen LogP contribution in [-0.2, 0) is 16.1 Å². The summed E-state index contributed by atoms with van der Waals surface area (Å²) >= 11 is 0. The maximum atomic E-state index is 12.7. The quantitative estimate of drug-likeness (QED) is 0.839. The molecule has 8 heteroatoms. The van der Waals surface area contributed by atoms with E-state index in [0.29, 0.717) is 25.2 Å². The number of aryl methyl sites for hydroxylation is 1. The van der Waals surface area contributed by atoms with Gasteiger partial charge in [0.1, 0.15) is 12.2 Å². The minimum Gasteiger partial charge on any atom is -0.342 e. The number of hydrogen-bond donors (Lipinski definition) is 0. The van der Waals surface area contributed by atoms with Gasteiger partial charge in [0.15, 0.2) is 0 Å². The number of alkyl halides is 2. The largest absolute Gasteiger partial charge is 0.342 e. The number of nitrogens with zero attached hydrogens (tertiary/aromatic N) is 4. The van der Waals surface area contributed by atoms with Crippen LogP contribution in [0.4, 0.5) is 8.78 Å². The van der Waals surface area contributed by atoms with Crippen LogP contribution in [0.5, 0.6) is 0 Å². The topological polar surface area (TPSA) is 58.4 Å². The first kappa shape index (κ1) is 15.9. The molecule has 0 unspecified atom stereocenters. The smallest absolute Gasteiger partial charge is 0.282 e. The average Bonchev–Trinajstić information content (AvgIpc) is 3.00. The SMILES string of the molecule is Cc1cc(C(F)F)nn1CC(=O)N1CC[C@H]2[C@H](CC(=O)N2C)C1. The number of piperidine rings is 1. The molecule has 3 rings (SSSR count). The predicted octanol–water partition coefficient (Wildman–Crippen LogP) is 1.21. The van der Waals surface area contributed by atoms with E-state index in [1.54, 1.807) is 16.7 Å². The van der Waals surface area contributed by atoms with Crippen LogP contribution in [0.15, 0.2) is 6.07 Å². The molecule has 0 aromatic carbocycles. The fraction of sp³-hybridized carbons (Fsp3) is 0.667. The van der Waals surface area contributed by atoms with Gasteiger partial charge in [0, 0.05) is 44.2 Å². The zero-order chi connectivity index (χ0) is 16.7. The molecule has 0 aliphatic carbocycles. The van der Waals surface area contributed by atoms with Gasteiger partial charge in [-0.15, -0.1) is 0 Å². The Hall–Kier alpha value is -1.99. The number of carbonyl (C=O) groups excluding carboxylic acids is 2. The van der Waals surface area contributed by atoms with E-state index in [0.717, 1.165) is 6.42 Å². The molecule has 2 amide bonds. The molecule has 1 aromatic rings. The Morgan fingerprint density at radius 1 is 1.48 bits per heavy atom. The molecular weight excluding hydrogens is 306 g/mol. The summed E-state index contributed by atoms with van der Waals surface area (Å²) in [5, 5.41) is 3.79. The Morgan fingerprint density at radius 2 is 2.22 bits per heavy atom. The molecule has 23 heavy (non-hydrogen) atoms. The Morgan fingerprint density at radius 3 is 2.87 bits per heavy atom. The summed E-state index contributed by atoms with van der Waals surface area (Å²) in [5.41, 5.74) is 0.233. The maximum absolute atomic E-state index is 12.7. The van der Waals surface area contributed by atoms with E-state index < -0.39 is 6.43 Å². The number of fused-ring (bicyclic) bond motifs is 1. The Bertz CT molecular complexity index is 631. The number of carbonyl (C=O) groups is 2. The first-order valence-electron chi connectivity index (χ1n) is 7.72. The zero-order valence-electron chi connectivity index (χ0n) is 13.2. The van der Waals surface area contributed by atoms with Crippen molar-refractivity contribution in [1.29, 1.82) is 0 Å². The predicted molar refractivity (Wildman–Crippen MR) is 77.8 cm³/mol. The summed E-state index contributed by atoms with van der Waals surface area (Å²) in [7, 11) is 1.81. The molecule has 2 aliphatic rings. The van der Waals surface area contributed by atoms with E-state index in [1.807, 2.05) is 7.05 Å². The van der Waals surface area contributed by atoms with E-state index in [1.165, 1.54) is 10.7 Å². The average molecular weight is 326 g/mol. The van der Waals surface area contributed by atoms with Gasteiger partial charge >= 0.3 is 0 Å². The number of aromatic nitrogens is 2. The lowest BCUT2D eigenvalue weighted by atomic mass is 9.93. The third-order valence-electron chi connectivity index (χ3n) is 4.88. The molecule has 0 bridgehead atoms. The molecule has 2 aliphatic heterocycles. The lowest BCUT2D eigenvalue weighted by Crippen LogP contribution is -2.48. The van der Waals surface area contributed by atoms with Gasteiger partial charge < -0.3 is 9.80 Å². The number of likely N-dealkylation sites (tertiary alicyclic amines) is 2. The molecule has 2 fully saturated rings. The van der Waals surface area contributed by atoms with Crippen molar-refractivity contribution >= 4 is 11.8 Å². The van der Waals surface area contributed by atoms with Crippen LogP contribution in [0.3, 0.4) is 0 Å². The zero-order valence-corrected chi connectivity index (χ0v) is 13.2. The van der Waals surface area contributed by atoms with E-state index in [-0.39, 0.29) is 36.0 Å². The van der Waals surface area contributed by atoms with E-state index in [4.69, 9.17) is 0 Å². The van der Waals surface area contributed by atoms with Gasteiger partial charge in [0.05, 0.1) is 0 Å². The van der Waals surface area contributed by atoms with Crippen molar-refractivity contribution in [1.82, 2.24) is 19.6 Å². The summed E-state index contributed by atoms with van der Waals surface area (Å²) in [6.07, 6.45) is -1.40. The van der Waals surface area contributed by atoms with Gasteiger partial charge in [0.25, 0.3) is 6.43 Å². The highest BCUT2D eigenvalue weighted by molar-refractivity contribution is 5.80. The molecule has 0 spiro atoms. The summed E-state index contributed by atoms with van der Waals surface area (Å²) in [5.74, 6) is 0.150. The first-order valence-corrected chi connectivity index (χ1v) is 7.72.